The quantitative estimate of drug-likeness (QED) is 0.742. The number of ether oxygens (including phenoxy) is 1. The first kappa shape index (κ1) is 17.8. The molecule has 2 nitrogen and oxygen atoms in total. The SMILES string of the molecule is CCOc1ccc2ccccc2c1CNCCC(C)C.Cl. The zero-order valence-electron chi connectivity index (χ0n) is 13.2. The Labute approximate surface area is 134 Å². The summed E-state index contributed by atoms with van der Waals surface area (Å²) in [5, 5.41) is 6.11. The summed E-state index contributed by atoms with van der Waals surface area (Å²) < 4.78 is 5.78. The van der Waals surface area contributed by atoms with Crippen LogP contribution in [0.25, 0.3) is 10.8 Å². The predicted octanol–water partition coefficient (Wildman–Crippen LogP) is 4.80. The maximum atomic E-state index is 5.78. The van der Waals surface area contributed by atoms with Crippen molar-refractivity contribution in [1.82, 2.24) is 5.32 Å². The van der Waals surface area contributed by atoms with Gasteiger partial charge in [-0.05, 0) is 42.6 Å². The Hall–Kier alpha value is -1.25. The number of nitrogens with one attached hydrogen (secondary N) is 1. The maximum Gasteiger partial charge on any atom is 0.124 e. The van der Waals surface area contributed by atoms with Gasteiger partial charge in [0.2, 0.25) is 0 Å². The lowest BCUT2D eigenvalue weighted by Crippen LogP contribution is -2.17. The molecule has 0 spiro atoms. The molecule has 0 aliphatic heterocycles. The summed E-state index contributed by atoms with van der Waals surface area (Å²) in [5.74, 6) is 1.74. The van der Waals surface area contributed by atoms with Crippen molar-refractivity contribution in [2.45, 2.75) is 33.7 Å². The summed E-state index contributed by atoms with van der Waals surface area (Å²) >= 11 is 0. The van der Waals surface area contributed by atoms with Gasteiger partial charge in [-0.1, -0.05) is 44.2 Å². The maximum absolute atomic E-state index is 5.78. The monoisotopic (exact) mass is 307 g/mol. The number of benzene rings is 2. The topological polar surface area (TPSA) is 21.3 Å². The van der Waals surface area contributed by atoms with E-state index in [1.54, 1.807) is 0 Å². The lowest BCUT2D eigenvalue weighted by atomic mass is 10.0. The Kier molecular flexibility index (Phi) is 7.55. The van der Waals surface area contributed by atoms with Gasteiger partial charge in [0.1, 0.15) is 5.75 Å². The lowest BCUT2D eigenvalue weighted by molar-refractivity contribution is 0.336. The standard InChI is InChI=1S/C18H25NO.ClH/c1-4-20-18-10-9-15-7-5-6-8-16(15)17(18)13-19-12-11-14(2)3;/h5-10,14,19H,4,11-13H2,1-3H3;1H. The largest absolute Gasteiger partial charge is 0.494 e. The van der Waals surface area contributed by atoms with Crippen molar-refractivity contribution in [1.29, 1.82) is 0 Å². The van der Waals surface area contributed by atoms with Gasteiger partial charge in [-0.3, -0.25) is 0 Å². The third-order valence-electron chi connectivity index (χ3n) is 3.50. The van der Waals surface area contributed by atoms with Crippen molar-refractivity contribution >= 4 is 23.2 Å². The molecule has 0 atom stereocenters. The van der Waals surface area contributed by atoms with Crippen molar-refractivity contribution in [3.63, 3.8) is 0 Å². The smallest absolute Gasteiger partial charge is 0.124 e. The average molecular weight is 308 g/mol. The number of hydrogen-bond acceptors (Lipinski definition) is 2. The van der Waals surface area contributed by atoms with Crippen LogP contribution in [-0.4, -0.2) is 13.2 Å². The third kappa shape index (κ3) is 4.90. The van der Waals surface area contributed by atoms with E-state index in [2.05, 4.69) is 55.6 Å². The van der Waals surface area contributed by atoms with Crippen molar-refractivity contribution in [3.8, 4) is 5.75 Å². The van der Waals surface area contributed by atoms with Crippen LogP contribution >= 0.6 is 12.4 Å². The van der Waals surface area contributed by atoms with Crippen LogP contribution in [0.5, 0.6) is 5.75 Å². The second kappa shape index (κ2) is 8.91. The third-order valence-corrected chi connectivity index (χ3v) is 3.50. The van der Waals surface area contributed by atoms with Crippen LogP contribution in [-0.2, 0) is 6.54 Å². The number of hydrogen-bond donors (Lipinski definition) is 1. The van der Waals surface area contributed by atoms with Crippen LogP contribution in [0, 0.1) is 5.92 Å². The van der Waals surface area contributed by atoms with E-state index in [-0.39, 0.29) is 12.4 Å². The first-order chi connectivity index (χ1) is 9.72. The van der Waals surface area contributed by atoms with E-state index in [1.807, 2.05) is 6.92 Å². The van der Waals surface area contributed by atoms with Crippen molar-refractivity contribution in [2.24, 2.45) is 5.92 Å². The molecule has 0 aliphatic carbocycles. The summed E-state index contributed by atoms with van der Waals surface area (Å²) in [6.07, 6.45) is 1.20. The van der Waals surface area contributed by atoms with E-state index >= 15 is 0 Å². The molecule has 2 aromatic rings. The summed E-state index contributed by atoms with van der Waals surface area (Å²) in [6.45, 7) is 9.16. The minimum Gasteiger partial charge on any atom is -0.494 e. The summed E-state index contributed by atoms with van der Waals surface area (Å²) in [6, 6.07) is 12.7. The molecule has 0 unspecified atom stereocenters. The molecule has 2 rings (SSSR count). The van der Waals surface area contributed by atoms with Gasteiger partial charge in [-0.2, -0.15) is 0 Å². The fraction of sp³-hybridized carbons (Fsp3) is 0.444. The molecule has 1 N–H and O–H groups in total. The first-order valence-corrected chi connectivity index (χ1v) is 7.56. The summed E-state index contributed by atoms with van der Waals surface area (Å²) in [4.78, 5) is 0. The minimum absolute atomic E-state index is 0. The van der Waals surface area contributed by atoms with Gasteiger partial charge in [0, 0.05) is 12.1 Å². The van der Waals surface area contributed by atoms with Gasteiger partial charge in [0.05, 0.1) is 6.61 Å². The van der Waals surface area contributed by atoms with Crippen LogP contribution in [0.4, 0.5) is 0 Å². The Morgan fingerprint density at radius 1 is 1.10 bits per heavy atom. The summed E-state index contributed by atoms with van der Waals surface area (Å²) in [7, 11) is 0. The molecule has 0 aromatic heterocycles. The van der Waals surface area contributed by atoms with Gasteiger partial charge in [-0.15, -0.1) is 12.4 Å². The second-order valence-corrected chi connectivity index (χ2v) is 5.56. The molecular weight excluding hydrogens is 282 g/mol. The highest BCUT2D eigenvalue weighted by Crippen LogP contribution is 2.28. The molecule has 116 valence electrons. The van der Waals surface area contributed by atoms with Crippen molar-refractivity contribution < 1.29 is 4.74 Å². The Morgan fingerprint density at radius 3 is 2.57 bits per heavy atom. The van der Waals surface area contributed by atoms with E-state index in [0.29, 0.717) is 6.61 Å². The molecule has 0 saturated carbocycles. The number of halogens is 1. The molecule has 0 heterocycles. The Bertz CT molecular complexity index is 554. The molecule has 0 amide bonds. The van der Waals surface area contributed by atoms with Gasteiger partial charge in [0.25, 0.3) is 0 Å². The Balaban J connectivity index is 0.00000220. The van der Waals surface area contributed by atoms with Crippen LogP contribution in [0.2, 0.25) is 0 Å². The second-order valence-electron chi connectivity index (χ2n) is 5.56. The Morgan fingerprint density at radius 2 is 1.86 bits per heavy atom. The molecule has 3 heteroatoms. The number of rotatable bonds is 7. The van der Waals surface area contributed by atoms with Crippen molar-refractivity contribution in [2.75, 3.05) is 13.2 Å². The van der Waals surface area contributed by atoms with E-state index in [4.69, 9.17) is 4.74 Å². The van der Waals surface area contributed by atoms with Gasteiger partial charge in [0.15, 0.2) is 0 Å². The van der Waals surface area contributed by atoms with Crippen LogP contribution < -0.4 is 10.1 Å². The first-order valence-electron chi connectivity index (χ1n) is 7.56. The number of fused-ring (bicyclic) bond motifs is 1. The minimum atomic E-state index is 0. The zero-order chi connectivity index (χ0) is 14.4. The van der Waals surface area contributed by atoms with E-state index in [9.17, 15) is 0 Å². The molecule has 21 heavy (non-hydrogen) atoms. The zero-order valence-corrected chi connectivity index (χ0v) is 14.0. The van der Waals surface area contributed by atoms with E-state index < -0.39 is 0 Å². The normalized spacial score (nSPS) is 10.7. The average Bonchev–Trinajstić information content (AvgIpc) is 2.45. The lowest BCUT2D eigenvalue weighted by Gasteiger charge is -2.14. The fourth-order valence-corrected chi connectivity index (χ4v) is 2.39. The molecular formula is C18H26ClNO. The highest BCUT2D eigenvalue weighted by atomic mass is 35.5. The fourth-order valence-electron chi connectivity index (χ4n) is 2.39. The highest BCUT2D eigenvalue weighted by Gasteiger charge is 2.08. The van der Waals surface area contributed by atoms with Crippen LogP contribution in [0.3, 0.4) is 0 Å². The van der Waals surface area contributed by atoms with Crippen molar-refractivity contribution in [3.05, 3.63) is 42.0 Å². The van der Waals surface area contributed by atoms with Crippen LogP contribution in [0.15, 0.2) is 36.4 Å². The van der Waals surface area contributed by atoms with E-state index in [0.717, 1.165) is 24.8 Å². The molecule has 0 radical (unpaired) electrons. The predicted molar refractivity (Wildman–Crippen MR) is 93.5 cm³/mol. The highest BCUT2D eigenvalue weighted by molar-refractivity contribution is 5.87. The van der Waals surface area contributed by atoms with Gasteiger partial charge >= 0.3 is 0 Å². The molecule has 0 bridgehead atoms. The molecule has 0 saturated heterocycles. The van der Waals surface area contributed by atoms with Gasteiger partial charge < -0.3 is 10.1 Å². The van der Waals surface area contributed by atoms with Gasteiger partial charge in [-0.25, -0.2) is 0 Å². The molecule has 0 aliphatic rings. The summed E-state index contributed by atoms with van der Waals surface area (Å²) in [5.41, 5.74) is 1.27. The molecule has 2 aromatic carbocycles. The van der Waals surface area contributed by atoms with E-state index in [1.165, 1.54) is 22.8 Å². The van der Waals surface area contributed by atoms with Crippen LogP contribution in [0.1, 0.15) is 32.8 Å². The molecule has 0 fully saturated rings.